The number of hydrogen-bond acceptors (Lipinski definition) is 4. The van der Waals surface area contributed by atoms with Crippen LogP contribution in [0.1, 0.15) is 29.9 Å². The van der Waals surface area contributed by atoms with E-state index in [1.807, 2.05) is 13.8 Å². The summed E-state index contributed by atoms with van der Waals surface area (Å²) in [6.45, 7) is 4.39. The molecule has 1 amide bonds. The van der Waals surface area contributed by atoms with Crippen LogP contribution >= 0.6 is 11.6 Å². The first kappa shape index (κ1) is 15.3. The topological polar surface area (TPSA) is 64.1 Å². The number of aryl methyl sites for hydroxylation is 1. The maximum Gasteiger partial charge on any atom is 0.255 e. The molecule has 2 aromatic rings. The van der Waals surface area contributed by atoms with Crippen molar-refractivity contribution in [2.45, 2.75) is 20.3 Å². The number of halogens is 1. The van der Waals surface area contributed by atoms with Crippen molar-refractivity contribution in [3.63, 3.8) is 0 Å². The maximum atomic E-state index is 12.2. The highest BCUT2D eigenvalue weighted by Crippen LogP contribution is 2.15. The van der Waals surface area contributed by atoms with Gasteiger partial charge < -0.3 is 10.1 Å². The Bertz CT molecular complexity index is 629. The third-order valence-electron chi connectivity index (χ3n) is 2.76. The second-order valence-corrected chi connectivity index (χ2v) is 4.68. The summed E-state index contributed by atoms with van der Waals surface area (Å²) in [4.78, 5) is 20.4. The number of nitrogens with zero attached hydrogens (tertiary/aromatic N) is 2. The number of carbonyl (C=O) groups excluding carboxylic acids is 1. The molecule has 0 atom stereocenters. The number of hydrogen-bond donors (Lipinski definition) is 1. The zero-order valence-electron chi connectivity index (χ0n) is 11.9. The van der Waals surface area contributed by atoms with Gasteiger partial charge in [-0.3, -0.25) is 4.79 Å². The Morgan fingerprint density at radius 3 is 2.76 bits per heavy atom. The van der Waals surface area contributed by atoms with E-state index in [1.165, 1.54) is 6.07 Å². The fourth-order valence-corrected chi connectivity index (χ4v) is 1.98. The molecular formula is C15H16ClN3O2. The molecule has 0 aliphatic heterocycles. The van der Waals surface area contributed by atoms with Crippen LogP contribution in [0.25, 0.3) is 0 Å². The van der Waals surface area contributed by atoms with Crippen molar-refractivity contribution in [1.82, 2.24) is 9.97 Å². The van der Waals surface area contributed by atoms with Crippen LogP contribution in [0.2, 0.25) is 5.15 Å². The summed E-state index contributed by atoms with van der Waals surface area (Å²) < 4.78 is 5.25. The van der Waals surface area contributed by atoms with E-state index in [1.54, 1.807) is 24.4 Å². The monoisotopic (exact) mass is 305 g/mol. The zero-order chi connectivity index (χ0) is 15.2. The summed E-state index contributed by atoms with van der Waals surface area (Å²) in [6, 6.07) is 6.71. The van der Waals surface area contributed by atoms with Crippen molar-refractivity contribution in [3.8, 4) is 5.88 Å². The molecule has 0 bridgehead atoms. The Balaban J connectivity index is 2.12. The molecule has 0 saturated heterocycles. The Hall–Kier alpha value is -2.14. The first-order chi connectivity index (χ1) is 10.1. The van der Waals surface area contributed by atoms with Crippen LogP contribution in [-0.4, -0.2) is 22.5 Å². The first-order valence-electron chi connectivity index (χ1n) is 6.69. The normalized spacial score (nSPS) is 10.2. The van der Waals surface area contributed by atoms with Crippen LogP contribution in [0.15, 0.2) is 30.5 Å². The van der Waals surface area contributed by atoms with Crippen molar-refractivity contribution in [1.29, 1.82) is 0 Å². The van der Waals surface area contributed by atoms with Gasteiger partial charge in [0.25, 0.3) is 5.91 Å². The van der Waals surface area contributed by atoms with E-state index < -0.39 is 0 Å². The van der Waals surface area contributed by atoms with Gasteiger partial charge in [0.2, 0.25) is 5.88 Å². The van der Waals surface area contributed by atoms with Crippen LogP contribution in [0.3, 0.4) is 0 Å². The summed E-state index contributed by atoms with van der Waals surface area (Å²) in [5.74, 6) is 0.274. The van der Waals surface area contributed by atoms with Crippen LogP contribution in [0.5, 0.6) is 5.88 Å². The van der Waals surface area contributed by atoms with Crippen molar-refractivity contribution in [2.75, 3.05) is 11.9 Å². The fraction of sp³-hybridized carbons (Fsp3) is 0.267. The number of rotatable bonds is 5. The Labute approximate surface area is 128 Å². The molecule has 2 heterocycles. The second kappa shape index (κ2) is 7.04. The number of aromatic nitrogens is 2. The van der Waals surface area contributed by atoms with Gasteiger partial charge in [0, 0.05) is 17.3 Å². The lowest BCUT2D eigenvalue weighted by Gasteiger charge is -2.07. The second-order valence-electron chi connectivity index (χ2n) is 4.30. The van der Waals surface area contributed by atoms with E-state index in [0.717, 1.165) is 5.69 Å². The molecule has 2 rings (SSSR count). The molecule has 0 aliphatic rings. The smallest absolute Gasteiger partial charge is 0.255 e. The highest BCUT2D eigenvalue weighted by atomic mass is 35.5. The Morgan fingerprint density at radius 1 is 1.33 bits per heavy atom. The molecule has 21 heavy (non-hydrogen) atoms. The number of anilines is 1. The third kappa shape index (κ3) is 4.16. The quantitative estimate of drug-likeness (QED) is 0.860. The summed E-state index contributed by atoms with van der Waals surface area (Å²) >= 11 is 5.91. The number of carbonyl (C=O) groups is 1. The molecule has 0 fully saturated rings. The van der Waals surface area contributed by atoms with E-state index in [0.29, 0.717) is 35.3 Å². The van der Waals surface area contributed by atoms with Crippen molar-refractivity contribution in [2.24, 2.45) is 0 Å². The Morgan fingerprint density at radius 2 is 2.14 bits per heavy atom. The zero-order valence-corrected chi connectivity index (χ0v) is 12.6. The van der Waals surface area contributed by atoms with Crippen molar-refractivity contribution in [3.05, 3.63) is 46.9 Å². The maximum absolute atomic E-state index is 12.2. The number of pyridine rings is 2. The average molecular weight is 306 g/mol. The lowest BCUT2D eigenvalue weighted by molar-refractivity contribution is 0.102. The molecular weight excluding hydrogens is 290 g/mol. The van der Waals surface area contributed by atoms with Crippen LogP contribution in [-0.2, 0) is 6.42 Å². The predicted octanol–water partition coefficient (Wildman–Crippen LogP) is 3.34. The average Bonchev–Trinajstić information content (AvgIpc) is 2.48. The summed E-state index contributed by atoms with van der Waals surface area (Å²) in [7, 11) is 0. The van der Waals surface area contributed by atoms with Gasteiger partial charge in [-0.1, -0.05) is 18.5 Å². The minimum Gasteiger partial charge on any atom is -0.478 e. The summed E-state index contributed by atoms with van der Waals surface area (Å²) in [5.41, 5.74) is 1.84. The number of ether oxygens (including phenoxy) is 1. The standard InChI is InChI=1S/C15H16ClN3O2/c1-3-11-7-10(8-13(16)18-11)15(20)19-12-5-6-14(17-9-12)21-4-2/h5-9H,3-4H2,1-2H3,(H,19,20). The molecule has 6 heteroatoms. The van der Waals surface area contributed by atoms with Gasteiger partial charge in [-0.05, 0) is 31.5 Å². The lowest BCUT2D eigenvalue weighted by Crippen LogP contribution is -2.13. The molecule has 110 valence electrons. The first-order valence-corrected chi connectivity index (χ1v) is 7.06. The molecule has 0 radical (unpaired) electrons. The number of nitrogens with one attached hydrogen (secondary N) is 1. The summed E-state index contributed by atoms with van der Waals surface area (Å²) in [5, 5.41) is 3.07. The van der Waals surface area contributed by atoms with Gasteiger partial charge in [0.05, 0.1) is 18.5 Å². The lowest BCUT2D eigenvalue weighted by atomic mass is 10.2. The minimum atomic E-state index is -0.250. The van der Waals surface area contributed by atoms with Crippen LogP contribution in [0.4, 0.5) is 5.69 Å². The molecule has 1 N–H and O–H groups in total. The molecule has 0 saturated carbocycles. The largest absolute Gasteiger partial charge is 0.478 e. The molecule has 0 spiro atoms. The molecule has 0 unspecified atom stereocenters. The predicted molar refractivity (Wildman–Crippen MR) is 82.0 cm³/mol. The number of amides is 1. The van der Waals surface area contributed by atoms with Gasteiger partial charge in [-0.25, -0.2) is 9.97 Å². The fourth-order valence-electron chi connectivity index (χ4n) is 1.75. The van der Waals surface area contributed by atoms with Gasteiger partial charge in [0.1, 0.15) is 5.15 Å². The van der Waals surface area contributed by atoms with Crippen molar-refractivity contribution >= 4 is 23.2 Å². The van der Waals surface area contributed by atoms with Gasteiger partial charge >= 0.3 is 0 Å². The third-order valence-corrected chi connectivity index (χ3v) is 2.95. The van der Waals surface area contributed by atoms with E-state index in [2.05, 4.69) is 15.3 Å². The Kier molecular flexibility index (Phi) is 5.11. The SMILES string of the molecule is CCOc1ccc(NC(=O)c2cc(Cl)nc(CC)c2)cn1. The van der Waals surface area contributed by atoms with Crippen LogP contribution in [0, 0.1) is 0 Å². The van der Waals surface area contributed by atoms with Gasteiger partial charge in [-0.15, -0.1) is 0 Å². The van der Waals surface area contributed by atoms with Crippen LogP contribution < -0.4 is 10.1 Å². The summed E-state index contributed by atoms with van der Waals surface area (Å²) in [6.07, 6.45) is 2.26. The highest BCUT2D eigenvalue weighted by Gasteiger charge is 2.09. The molecule has 2 aromatic heterocycles. The van der Waals surface area contributed by atoms with E-state index >= 15 is 0 Å². The molecule has 5 nitrogen and oxygen atoms in total. The van der Waals surface area contributed by atoms with Gasteiger partial charge in [-0.2, -0.15) is 0 Å². The van der Waals surface area contributed by atoms with E-state index in [4.69, 9.17) is 16.3 Å². The van der Waals surface area contributed by atoms with E-state index in [9.17, 15) is 4.79 Å². The van der Waals surface area contributed by atoms with Gasteiger partial charge in [0.15, 0.2) is 0 Å². The molecule has 0 aromatic carbocycles. The highest BCUT2D eigenvalue weighted by molar-refractivity contribution is 6.29. The molecule has 0 aliphatic carbocycles. The van der Waals surface area contributed by atoms with E-state index in [-0.39, 0.29) is 5.91 Å². The minimum absolute atomic E-state index is 0.250. The van der Waals surface area contributed by atoms with Crippen molar-refractivity contribution < 1.29 is 9.53 Å².